The molecule has 5 rings (SSSR count). The molecule has 1 atom stereocenters. The lowest BCUT2D eigenvalue weighted by Gasteiger charge is -2.35. The number of benzene rings is 2. The van der Waals surface area contributed by atoms with Gasteiger partial charge in [-0.25, -0.2) is 9.78 Å². The van der Waals surface area contributed by atoms with E-state index in [1.54, 1.807) is 6.07 Å². The molecule has 0 bridgehead atoms. The Kier molecular flexibility index (Phi) is 5.79. The van der Waals surface area contributed by atoms with E-state index in [9.17, 15) is 9.90 Å². The number of nitrogens with one attached hydrogen (secondary N) is 1. The van der Waals surface area contributed by atoms with E-state index in [1.165, 1.54) is 12.7 Å². The number of imidazole rings is 1. The van der Waals surface area contributed by atoms with Crippen molar-refractivity contribution in [2.45, 2.75) is 38.4 Å². The fourth-order valence-electron chi connectivity index (χ4n) is 4.83. The molecule has 0 aliphatic heterocycles. The number of carboxylic acids is 1. The largest absolute Gasteiger partial charge is 0.496 e. The Balaban J connectivity index is 1.56. The van der Waals surface area contributed by atoms with Crippen LogP contribution >= 0.6 is 0 Å². The summed E-state index contributed by atoms with van der Waals surface area (Å²) in [4.78, 5) is 27.3. The van der Waals surface area contributed by atoms with Crippen molar-refractivity contribution in [1.29, 1.82) is 0 Å². The van der Waals surface area contributed by atoms with Crippen LogP contribution in [-0.2, 0) is 19.5 Å². The summed E-state index contributed by atoms with van der Waals surface area (Å²) in [6, 6.07) is 17.5. The predicted octanol–water partition coefficient (Wildman–Crippen LogP) is 4.74. The molecule has 0 spiro atoms. The number of ether oxygens (including phenoxy) is 1. The molecular weight excluding hydrogens is 416 g/mol. The van der Waals surface area contributed by atoms with Gasteiger partial charge >= 0.3 is 5.97 Å². The van der Waals surface area contributed by atoms with Crippen molar-refractivity contribution in [3.05, 3.63) is 89.0 Å². The number of carbonyl (C=O) groups is 1. The first-order valence-corrected chi connectivity index (χ1v) is 11.1. The maximum Gasteiger partial charge on any atom is 0.339 e. The molecule has 2 aromatic carbocycles. The monoisotopic (exact) mass is 442 g/mol. The number of aromatic nitrogens is 3. The van der Waals surface area contributed by atoms with E-state index in [1.807, 2.05) is 48.7 Å². The minimum atomic E-state index is -0.992. The third-order valence-electron chi connectivity index (χ3n) is 6.32. The van der Waals surface area contributed by atoms with Crippen molar-refractivity contribution in [3.8, 4) is 5.75 Å². The Morgan fingerprint density at radius 3 is 2.85 bits per heavy atom. The first-order valence-electron chi connectivity index (χ1n) is 11.1. The van der Waals surface area contributed by atoms with Gasteiger partial charge in [0, 0.05) is 12.7 Å². The van der Waals surface area contributed by atoms with E-state index in [0.29, 0.717) is 24.4 Å². The molecule has 2 aromatic heterocycles. The molecule has 7 nitrogen and oxygen atoms in total. The number of aromatic amines is 1. The average molecular weight is 443 g/mol. The van der Waals surface area contributed by atoms with Gasteiger partial charge in [-0.15, -0.1) is 0 Å². The van der Waals surface area contributed by atoms with Crippen LogP contribution in [0.15, 0.2) is 60.8 Å². The first-order chi connectivity index (χ1) is 16.1. The van der Waals surface area contributed by atoms with Gasteiger partial charge in [-0.05, 0) is 54.7 Å². The molecule has 0 amide bonds. The van der Waals surface area contributed by atoms with Gasteiger partial charge < -0.3 is 14.8 Å². The summed E-state index contributed by atoms with van der Waals surface area (Å²) < 4.78 is 5.36. The maximum atomic E-state index is 12.1. The van der Waals surface area contributed by atoms with Crippen LogP contribution in [0.1, 0.15) is 51.9 Å². The molecule has 33 heavy (non-hydrogen) atoms. The molecular formula is C26H26N4O3. The van der Waals surface area contributed by atoms with Crippen LogP contribution in [-0.4, -0.2) is 38.0 Å². The number of nitrogens with zero attached hydrogens (tertiary/aromatic N) is 3. The fourth-order valence-corrected chi connectivity index (χ4v) is 4.83. The Bertz CT molecular complexity index is 1270. The lowest BCUT2D eigenvalue weighted by Crippen LogP contribution is -2.32. The fraction of sp³-hybridized carbons (Fsp3) is 0.269. The zero-order chi connectivity index (χ0) is 22.8. The van der Waals surface area contributed by atoms with E-state index in [-0.39, 0.29) is 11.6 Å². The lowest BCUT2D eigenvalue weighted by molar-refractivity contribution is 0.0689. The summed E-state index contributed by atoms with van der Waals surface area (Å²) in [5.41, 5.74) is 5.14. The number of hydrogen-bond donors (Lipinski definition) is 2. The molecule has 7 heteroatoms. The van der Waals surface area contributed by atoms with E-state index in [2.05, 4.69) is 16.0 Å². The number of rotatable bonds is 7. The van der Waals surface area contributed by atoms with Crippen LogP contribution in [0.25, 0.3) is 11.0 Å². The third-order valence-corrected chi connectivity index (χ3v) is 6.32. The molecule has 1 aliphatic rings. The van der Waals surface area contributed by atoms with Crippen molar-refractivity contribution >= 4 is 17.0 Å². The SMILES string of the molecule is COc1cccc(CN(Cc2nc3ccccc3[nH]2)C2CCCc3cccnc32)c1C(=O)O. The molecule has 0 radical (unpaired) electrons. The Hall–Kier alpha value is -3.71. The second-order valence-corrected chi connectivity index (χ2v) is 8.36. The third kappa shape index (κ3) is 4.19. The van der Waals surface area contributed by atoms with Crippen LogP contribution in [0.4, 0.5) is 0 Å². The van der Waals surface area contributed by atoms with Crippen molar-refractivity contribution in [2.75, 3.05) is 7.11 Å². The van der Waals surface area contributed by atoms with E-state index < -0.39 is 5.97 Å². The summed E-state index contributed by atoms with van der Waals surface area (Å²) in [7, 11) is 1.50. The highest BCUT2D eigenvalue weighted by molar-refractivity contribution is 5.92. The van der Waals surface area contributed by atoms with Crippen LogP contribution in [0.3, 0.4) is 0 Å². The maximum absolute atomic E-state index is 12.1. The smallest absolute Gasteiger partial charge is 0.339 e. The highest BCUT2D eigenvalue weighted by atomic mass is 16.5. The van der Waals surface area contributed by atoms with Gasteiger partial charge in [0.2, 0.25) is 0 Å². The summed E-state index contributed by atoms with van der Waals surface area (Å²) in [6.45, 7) is 0.988. The highest BCUT2D eigenvalue weighted by Crippen LogP contribution is 2.35. The zero-order valence-corrected chi connectivity index (χ0v) is 18.5. The molecule has 1 aliphatic carbocycles. The van der Waals surface area contributed by atoms with Gasteiger partial charge in [-0.3, -0.25) is 9.88 Å². The molecule has 1 unspecified atom stereocenters. The summed E-state index contributed by atoms with van der Waals surface area (Å²) in [5.74, 6) is 0.221. The van der Waals surface area contributed by atoms with E-state index in [4.69, 9.17) is 14.7 Å². The number of carboxylic acid groups (broad SMARTS) is 1. The Morgan fingerprint density at radius 1 is 1.15 bits per heavy atom. The van der Waals surface area contributed by atoms with E-state index >= 15 is 0 Å². The van der Waals surface area contributed by atoms with Crippen LogP contribution < -0.4 is 4.74 Å². The number of para-hydroxylation sites is 2. The number of pyridine rings is 1. The van der Waals surface area contributed by atoms with Crippen molar-refractivity contribution in [1.82, 2.24) is 19.9 Å². The summed E-state index contributed by atoms with van der Waals surface area (Å²) in [6.07, 6.45) is 4.86. The molecule has 0 saturated heterocycles. The second-order valence-electron chi connectivity index (χ2n) is 8.36. The average Bonchev–Trinajstić information content (AvgIpc) is 3.25. The van der Waals surface area contributed by atoms with Crippen LogP contribution in [0, 0.1) is 0 Å². The van der Waals surface area contributed by atoms with Gasteiger partial charge in [0.1, 0.15) is 17.1 Å². The van der Waals surface area contributed by atoms with Gasteiger partial charge in [0.25, 0.3) is 0 Å². The van der Waals surface area contributed by atoms with Gasteiger partial charge in [0.05, 0.1) is 36.4 Å². The number of fused-ring (bicyclic) bond motifs is 2. The number of methoxy groups -OCH3 is 1. The molecule has 0 fully saturated rings. The number of aromatic carboxylic acids is 1. The number of aryl methyl sites for hydroxylation is 1. The topological polar surface area (TPSA) is 91.3 Å². The summed E-state index contributed by atoms with van der Waals surface area (Å²) in [5, 5.41) is 9.91. The van der Waals surface area contributed by atoms with Crippen molar-refractivity contribution < 1.29 is 14.6 Å². The van der Waals surface area contributed by atoms with Crippen LogP contribution in [0.5, 0.6) is 5.75 Å². The molecule has 0 saturated carbocycles. The quantitative estimate of drug-likeness (QED) is 0.429. The zero-order valence-electron chi connectivity index (χ0n) is 18.5. The highest BCUT2D eigenvalue weighted by Gasteiger charge is 2.29. The van der Waals surface area contributed by atoms with Crippen LogP contribution in [0.2, 0.25) is 0 Å². The number of hydrogen-bond acceptors (Lipinski definition) is 5. The molecule has 168 valence electrons. The Labute approximate surface area is 192 Å². The molecule has 2 heterocycles. The standard InChI is InChI=1S/C26H26N4O3/c1-33-22-13-5-8-18(24(22)26(31)32)15-30(16-23-28-19-10-2-3-11-20(19)29-23)21-12-4-7-17-9-6-14-27-25(17)21/h2-3,5-6,8-11,13-14,21H,4,7,12,15-16H2,1H3,(H,28,29)(H,31,32). The minimum absolute atomic E-state index is 0.0657. The van der Waals surface area contributed by atoms with Gasteiger partial charge in [0.15, 0.2) is 0 Å². The molecule has 4 aromatic rings. The number of H-pyrrole nitrogens is 1. The van der Waals surface area contributed by atoms with Crippen molar-refractivity contribution in [2.24, 2.45) is 0 Å². The van der Waals surface area contributed by atoms with E-state index in [0.717, 1.165) is 41.8 Å². The predicted molar refractivity (Wildman–Crippen MR) is 125 cm³/mol. The van der Waals surface area contributed by atoms with Gasteiger partial charge in [-0.1, -0.05) is 30.3 Å². The summed E-state index contributed by atoms with van der Waals surface area (Å²) >= 11 is 0. The normalized spacial score (nSPS) is 15.5. The lowest BCUT2D eigenvalue weighted by atomic mass is 9.90. The van der Waals surface area contributed by atoms with Gasteiger partial charge in [-0.2, -0.15) is 0 Å². The molecule has 2 N–H and O–H groups in total. The minimum Gasteiger partial charge on any atom is -0.496 e. The second kappa shape index (κ2) is 9.03. The Morgan fingerprint density at radius 2 is 2.03 bits per heavy atom. The first kappa shape index (κ1) is 21.2. The van der Waals surface area contributed by atoms with Crippen molar-refractivity contribution in [3.63, 3.8) is 0 Å².